The highest BCUT2D eigenvalue weighted by Crippen LogP contribution is 2.29. The molecule has 0 radical (unpaired) electrons. The molecule has 3 rings (SSSR count). The first-order valence-corrected chi connectivity index (χ1v) is 11.4. The van der Waals surface area contributed by atoms with E-state index >= 15 is 0 Å². The van der Waals surface area contributed by atoms with Crippen molar-refractivity contribution in [3.05, 3.63) is 79.8 Å². The monoisotopic (exact) mass is 496 g/mol. The molecule has 0 unspecified atom stereocenters. The lowest BCUT2D eigenvalue weighted by molar-refractivity contribution is -0.139. The number of esters is 1. The summed E-state index contributed by atoms with van der Waals surface area (Å²) in [6.45, 7) is 3.27. The number of aromatic nitrogens is 2. The molecule has 0 N–H and O–H groups in total. The van der Waals surface area contributed by atoms with E-state index in [-0.39, 0.29) is 32.0 Å². The third kappa shape index (κ3) is 4.79. The van der Waals surface area contributed by atoms with Crippen LogP contribution in [0.25, 0.3) is 5.69 Å². The number of carbonyl (C=O) groups is 1. The fourth-order valence-corrected chi connectivity index (χ4v) is 4.17. The summed E-state index contributed by atoms with van der Waals surface area (Å²) in [7, 11) is -3.19. The van der Waals surface area contributed by atoms with Crippen molar-refractivity contribution in [3.63, 3.8) is 0 Å². The van der Waals surface area contributed by atoms with Crippen LogP contribution in [-0.2, 0) is 26.1 Å². The van der Waals surface area contributed by atoms with Crippen LogP contribution in [0.5, 0.6) is 5.88 Å². The third-order valence-corrected chi connectivity index (χ3v) is 6.56. The molecule has 3 aromatic rings. The Morgan fingerprint density at radius 3 is 2.38 bits per heavy atom. The molecule has 1 aromatic heterocycles. The fraction of sp³-hybridized carbons (Fsp3) is 0.190. The lowest BCUT2D eigenvalue weighted by atomic mass is 10.2. The molecule has 0 aliphatic rings. The van der Waals surface area contributed by atoms with Gasteiger partial charge in [0.1, 0.15) is 10.7 Å². The first-order valence-electron chi connectivity index (χ1n) is 9.20. The van der Waals surface area contributed by atoms with E-state index < -0.39 is 33.9 Å². The number of nitrogens with zero attached hydrogens (tertiary/aromatic N) is 2. The Balaban J connectivity index is 2.20. The van der Waals surface area contributed by atoms with Crippen LogP contribution in [0, 0.1) is 13.8 Å². The quantitative estimate of drug-likeness (QED) is 0.378. The van der Waals surface area contributed by atoms with Gasteiger partial charge in [0.15, 0.2) is 0 Å². The summed E-state index contributed by atoms with van der Waals surface area (Å²) >= 11 is 12.3. The van der Waals surface area contributed by atoms with Crippen LogP contribution in [0.15, 0.2) is 52.2 Å². The highest BCUT2D eigenvalue weighted by Gasteiger charge is 2.26. The Hall–Kier alpha value is -2.88. The number of halogens is 2. The number of benzene rings is 2. The van der Waals surface area contributed by atoms with Crippen LogP contribution >= 0.6 is 23.2 Å². The number of carbonyl (C=O) groups excluding carboxylic acids is 1. The zero-order valence-electron chi connectivity index (χ0n) is 17.3. The van der Waals surface area contributed by atoms with Crippen molar-refractivity contribution in [2.45, 2.75) is 25.2 Å². The van der Waals surface area contributed by atoms with Crippen LogP contribution in [-0.4, -0.2) is 31.0 Å². The van der Waals surface area contributed by atoms with E-state index in [1.807, 2.05) is 0 Å². The van der Waals surface area contributed by atoms with Crippen LogP contribution in [0.2, 0.25) is 10.0 Å². The van der Waals surface area contributed by atoms with Crippen molar-refractivity contribution >= 4 is 39.3 Å². The summed E-state index contributed by atoms with van der Waals surface area (Å²) in [5.74, 6) is -1.23. The van der Waals surface area contributed by atoms with E-state index in [4.69, 9.17) is 27.4 Å². The second-order valence-corrected chi connectivity index (χ2v) is 9.09. The minimum absolute atomic E-state index is 0.0712. The van der Waals surface area contributed by atoms with Crippen LogP contribution in [0.3, 0.4) is 0 Å². The van der Waals surface area contributed by atoms with Crippen LogP contribution < -0.4 is 9.74 Å². The molecule has 8 nitrogen and oxygen atoms in total. The van der Waals surface area contributed by atoms with Gasteiger partial charge in [-0.05, 0) is 38.1 Å². The standard InChI is InChI=1S/C21H18Cl2N2O6S/c1-12-7-9-14(10-8-12)32(28,29)31-20-15(11-18(26)30-3)21(27)25(13(2)24-20)17-6-4-5-16(22)19(17)23/h4-10H,11H2,1-3H3. The van der Waals surface area contributed by atoms with Crippen LogP contribution in [0.1, 0.15) is 17.0 Å². The van der Waals surface area contributed by atoms with Gasteiger partial charge >= 0.3 is 16.1 Å². The lowest BCUT2D eigenvalue weighted by Crippen LogP contribution is -2.29. The van der Waals surface area contributed by atoms with Crippen LogP contribution in [0.4, 0.5) is 0 Å². The van der Waals surface area contributed by atoms with E-state index in [9.17, 15) is 18.0 Å². The molecule has 0 bridgehead atoms. The fourth-order valence-electron chi connectivity index (χ4n) is 2.88. The number of methoxy groups -OCH3 is 1. The maximum Gasteiger partial charge on any atom is 0.340 e. The molecular formula is C21H18Cl2N2O6S. The van der Waals surface area contributed by atoms with E-state index in [2.05, 4.69) is 9.72 Å². The lowest BCUT2D eigenvalue weighted by Gasteiger charge is -2.16. The van der Waals surface area contributed by atoms with Gasteiger partial charge in [-0.3, -0.25) is 14.2 Å². The summed E-state index contributed by atoms with van der Waals surface area (Å²) in [6.07, 6.45) is -0.570. The Kier molecular flexibility index (Phi) is 6.92. The Morgan fingerprint density at radius 2 is 1.75 bits per heavy atom. The molecule has 0 saturated carbocycles. The van der Waals surface area contributed by atoms with Gasteiger partial charge in [0.05, 0.1) is 34.8 Å². The zero-order chi connectivity index (χ0) is 23.6. The van der Waals surface area contributed by atoms with E-state index in [0.29, 0.717) is 0 Å². The van der Waals surface area contributed by atoms with Gasteiger partial charge in [0, 0.05) is 0 Å². The Labute approximate surface area is 194 Å². The first kappa shape index (κ1) is 23.8. The smallest absolute Gasteiger partial charge is 0.340 e. The molecule has 0 aliphatic carbocycles. The average molecular weight is 497 g/mol. The molecule has 0 saturated heterocycles. The topological polar surface area (TPSA) is 105 Å². The van der Waals surface area contributed by atoms with Gasteiger partial charge in [0.25, 0.3) is 5.56 Å². The molecular weight excluding hydrogens is 479 g/mol. The van der Waals surface area contributed by atoms with E-state index in [1.165, 1.54) is 25.1 Å². The Bertz CT molecular complexity index is 1350. The number of hydrogen-bond donors (Lipinski definition) is 0. The molecule has 11 heteroatoms. The van der Waals surface area contributed by atoms with Crippen molar-refractivity contribution in [3.8, 4) is 11.6 Å². The van der Waals surface area contributed by atoms with Gasteiger partial charge in [-0.15, -0.1) is 0 Å². The molecule has 0 amide bonds. The summed E-state index contributed by atoms with van der Waals surface area (Å²) < 4.78 is 36.5. The summed E-state index contributed by atoms with van der Waals surface area (Å²) in [5, 5.41) is 0.290. The van der Waals surface area contributed by atoms with E-state index in [1.54, 1.807) is 31.2 Å². The zero-order valence-corrected chi connectivity index (χ0v) is 19.6. The normalized spacial score (nSPS) is 11.3. The van der Waals surface area contributed by atoms with Gasteiger partial charge in [-0.2, -0.15) is 13.4 Å². The molecule has 1 heterocycles. The second-order valence-electron chi connectivity index (χ2n) is 6.76. The minimum Gasteiger partial charge on any atom is -0.469 e. The number of rotatable bonds is 6. The highest BCUT2D eigenvalue weighted by molar-refractivity contribution is 7.87. The molecule has 168 valence electrons. The average Bonchev–Trinajstić information content (AvgIpc) is 2.73. The predicted molar refractivity (Wildman–Crippen MR) is 119 cm³/mol. The van der Waals surface area contributed by atoms with Crippen molar-refractivity contribution < 1.29 is 22.1 Å². The molecule has 0 atom stereocenters. The van der Waals surface area contributed by atoms with E-state index in [0.717, 1.165) is 17.2 Å². The SMILES string of the molecule is COC(=O)Cc1c(OS(=O)(=O)c2ccc(C)cc2)nc(C)n(-c2cccc(Cl)c2Cl)c1=O. The van der Waals surface area contributed by atoms with Gasteiger partial charge < -0.3 is 8.92 Å². The molecule has 0 spiro atoms. The van der Waals surface area contributed by atoms with Gasteiger partial charge in [-0.25, -0.2) is 0 Å². The maximum atomic E-state index is 13.3. The number of aryl methyl sites for hydroxylation is 2. The largest absolute Gasteiger partial charge is 0.469 e. The molecule has 2 aromatic carbocycles. The van der Waals surface area contributed by atoms with Gasteiger partial charge in [-0.1, -0.05) is 47.0 Å². The number of hydrogen-bond acceptors (Lipinski definition) is 7. The maximum absolute atomic E-state index is 13.3. The first-order chi connectivity index (χ1) is 15.0. The highest BCUT2D eigenvalue weighted by atomic mass is 35.5. The summed E-state index contributed by atoms with van der Waals surface area (Å²) in [4.78, 5) is 29.3. The van der Waals surface area contributed by atoms with Crippen molar-refractivity contribution in [1.82, 2.24) is 9.55 Å². The molecule has 32 heavy (non-hydrogen) atoms. The van der Waals surface area contributed by atoms with Crippen molar-refractivity contribution in [1.29, 1.82) is 0 Å². The molecule has 0 aliphatic heterocycles. The minimum atomic E-state index is -4.33. The third-order valence-electron chi connectivity index (χ3n) is 4.53. The van der Waals surface area contributed by atoms with Crippen molar-refractivity contribution in [2.24, 2.45) is 0 Å². The summed E-state index contributed by atoms with van der Waals surface area (Å²) in [5.41, 5.74) is 0.00822. The second kappa shape index (κ2) is 9.32. The molecule has 0 fully saturated rings. The predicted octanol–water partition coefficient (Wildman–Crippen LogP) is 3.64. The Morgan fingerprint density at radius 1 is 1.09 bits per heavy atom. The van der Waals surface area contributed by atoms with Crippen molar-refractivity contribution in [2.75, 3.05) is 7.11 Å². The summed E-state index contributed by atoms with van der Waals surface area (Å²) in [6, 6.07) is 10.6. The number of ether oxygens (including phenoxy) is 1. The van der Waals surface area contributed by atoms with Gasteiger partial charge in [0.2, 0.25) is 5.88 Å².